The minimum atomic E-state index is -3.74. The molecular formula is C13H14N4O3S2. The number of carbonyl (C=O) groups is 1. The van der Waals surface area contributed by atoms with E-state index in [9.17, 15) is 13.2 Å². The fourth-order valence-corrected chi connectivity index (χ4v) is 4.02. The van der Waals surface area contributed by atoms with E-state index in [1.54, 1.807) is 28.6 Å². The standard InChI is InChI=1S/C13H14N4O3S2/c14-13(18)11-12-10(2-1-7-21-12)17(16-11)8-3-5-9(6-4-8)22(15,19)20/h3-6H,1-2,7H2,(H2,14,18)(H2,15,19,20). The summed E-state index contributed by atoms with van der Waals surface area (Å²) in [6, 6.07) is 6.05. The SMILES string of the molecule is NC(=O)c1nn(-c2ccc(S(N)(=O)=O)cc2)c2c1SCCC2. The molecule has 4 N–H and O–H groups in total. The van der Waals surface area contributed by atoms with Gasteiger partial charge in [0.15, 0.2) is 5.69 Å². The van der Waals surface area contributed by atoms with Crippen LogP contribution in [-0.4, -0.2) is 29.9 Å². The Labute approximate surface area is 131 Å². The van der Waals surface area contributed by atoms with Crippen molar-refractivity contribution < 1.29 is 13.2 Å². The second-order valence-corrected chi connectivity index (χ2v) is 7.56. The number of amides is 1. The third-order valence-corrected chi connectivity index (χ3v) is 5.52. The van der Waals surface area contributed by atoms with Crippen LogP contribution in [0, 0.1) is 0 Å². The highest BCUT2D eigenvalue weighted by molar-refractivity contribution is 7.99. The number of rotatable bonds is 3. The van der Waals surface area contributed by atoms with Gasteiger partial charge in [-0.25, -0.2) is 18.2 Å². The second-order valence-electron chi connectivity index (χ2n) is 4.89. The molecule has 2 heterocycles. The number of aromatic nitrogens is 2. The average molecular weight is 338 g/mol. The Bertz CT molecular complexity index is 841. The van der Waals surface area contributed by atoms with Crippen molar-refractivity contribution in [3.05, 3.63) is 35.7 Å². The Kier molecular flexibility index (Phi) is 3.71. The van der Waals surface area contributed by atoms with Crippen LogP contribution in [0.2, 0.25) is 0 Å². The van der Waals surface area contributed by atoms with E-state index in [1.165, 1.54) is 12.1 Å². The molecule has 0 saturated carbocycles. The average Bonchev–Trinajstić information content (AvgIpc) is 2.86. The van der Waals surface area contributed by atoms with Gasteiger partial charge in [0.05, 0.1) is 21.2 Å². The van der Waals surface area contributed by atoms with E-state index in [2.05, 4.69) is 5.10 Å². The third kappa shape index (κ3) is 2.62. The summed E-state index contributed by atoms with van der Waals surface area (Å²) in [5, 5.41) is 9.38. The smallest absolute Gasteiger partial charge is 0.270 e. The van der Waals surface area contributed by atoms with E-state index >= 15 is 0 Å². The summed E-state index contributed by atoms with van der Waals surface area (Å²) in [4.78, 5) is 12.4. The number of fused-ring (bicyclic) bond motifs is 1. The molecule has 0 atom stereocenters. The van der Waals surface area contributed by atoms with Gasteiger partial charge >= 0.3 is 0 Å². The highest BCUT2D eigenvalue weighted by Gasteiger charge is 2.25. The second kappa shape index (κ2) is 5.41. The number of benzene rings is 1. The highest BCUT2D eigenvalue weighted by Crippen LogP contribution is 2.34. The zero-order valence-corrected chi connectivity index (χ0v) is 13.2. The van der Waals surface area contributed by atoms with Crippen molar-refractivity contribution in [1.29, 1.82) is 0 Å². The number of thioether (sulfide) groups is 1. The van der Waals surface area contributed by atoms with E-state index in [1.807, 2.05) is 0 Å². The Balaban J connectivity index is 2.10. The van der Waals surface area contributed by atoms with Crippen LogP contribution in [0.25, 0.3) is 5.69 Å². The Morgan fingerprint density at radius 3 is 2.55 bits per heavy atom. The number of primary sulfonamides is 1. The molecule has 0 unspecified atom stereocenters. The summed E-state index contributed by atoms with van der Waals surface area (Å²) < 4.78 is 24.2. The zero-order valence-electron chi connectivity index (χ0n) is 11.5. The van der Waals surface area contributed by atoms with E-state index in [-0.39, 0.29) is 10.6 Å². The van der Waals surface area contributed by atoms with Crippen LogP contribution in [0.5, 0.6) is 0 Å². The maximum absolute atomic E-state index is 11.5. The first-order valence-electron chi connectivity index (χ1n) is 6.55. The first kappa shape index (κ1) is 15.1. The van der Waals surface area contributed by atoms with Gasteiger partial charge in [0, 0.05) is 0 Å². The van der Waals surface area contributed by atoms with Gasteiger partial charge in [0.25, 0.3) is 5.91 Å². The normalized spacial score (nSPS) is 14.6. The first-order valence-corrected chi connectivity index (χ1v) is 9.09. The van der Waals surface area contributed by atoms with Crippen LogP contribution in [0.15, 0.2) is 34.1 Å². The lowest BCUT2D eigenvalue weighted by molar-refractivity contribution is 0.0992. The summed E-state index contributed by atoms with van der Waals surface area (Å²) in [5.74, 6) is 0.356. The number of hydrogen-bond acceptors (Lipinski definition) is 5. The minimum Gasteiger partial charge on any atom is -0.364 e. The van der Waals surface area contributed by atoms with Gasteiger partial charge in [0.2, 0.25) is 10.0 Å². The van der Waals surface area contributed by atoms with Crippen LogP contribution >= 0.6 is 11.8 Å². The van der Waals surface area contributed by atoms with Gasteiger partial charge in [-0.05, 0) is 42.9 Å². The van der Waals surface area contributed by atoms with Gasteiger partial charge in [-0.3, -0.25) is 4.79 Å². The van der Waals surface area contributed by atoms with Gasteiger partial charge in [-0.2, -0.15) is 5.10 Å². The van der Waals surface area contributed by atoms with Crippen molar-refractivity contribution >= 4 is 27.7 Å². The van der Waals surface area contributed by atoms with Gasteiger partial charge in [0.1, 0.15) is 0 Å². The molecule has 1 aromatic heterocycles. The maximum atomic E-state index is 11.5. The van der Waals surface area contributed by atoms with E-state index in [0.717, 1.165) is 29.2 Å². The molecule has 1 aliphatic heterocycles. The number of sulfonamides is 1. The molecule has 3 rings (SSSR count). The lowest BCUT2D eigenvalue weighted by atomic mass is 10.2. The van der Waals surface area contributed by atoms with Crippen molar-refractivity contribution in [3.63, 3.8) is 0 Å². The van der Waals surface area contributed by atoms with Crippen molar-refractivity contribution in [3.8, 4) is 5.69 Å². The largest absolute Gasteiger partial charge is 0.364 e. The Morgan fingerprint density at radius 1 is 1.27 bits per heavy atom. The number of hydrogen-bond donors (Lipinski definition) is 2. The molecule has 116 valence electrons. The summed E-state index contributed by atoms with van der Waals surface area (Å²) in [6.45, 7) is 0. The molecule has 22 heavy (non-hydrogen) atoms. The quantitative estimate of drug-likeness (QED) is 0.851. The van der Waals surface area contributed by atoms with Gasteiger partial charge in [-0.15, -0.1) is 11.8 Å². The zero-order chi connectivity index (χ0) is 15.9. The van der Waals surface area contributed by atoms with Crippen LogP contribution in [0.1, 0.15) is 22.6 Å². The summed E-state index contributed by atoms with van der Waals surface area (Å²) in [5.41, 5.74) is 7.24. The predicted octanol–water partition coefficient (Wildman–Crippen LogP) is 0.657. The maximum Gasteiger partial charge on any atom is 0.270 e. The van der Waals surface area contributed by atoms with E-state index in [0.29, 0.717) is 5.69 Å². The molecule has 1 aliphatic rings. The molecule has 2 aromatic rings. The van der Waals surface area contributed by atoms with Crippen LogP contribution < -0.4 is 10.9 Å². The number of nitrogens with two attached hydrogens (primary N) is 2. The topological polar surface area (TPSA) is 121 Å². The molecule has 1 aromatic carbocycles. The van der Waals surface area contributed by atoms with Crippen LogP contribution in [-0.2, 0) is 16.4 Å². The molecule has 0 fully saturated rings. The van der Waals surface area contributed by atoms with Crippen molar-refractivity contribution in [1.82, 2.24) is 9.78 Å². The molecule has 0 radical (unpaired) electrons. The molecule has 1 amide bonds. The van der Waals surface area contributed by atoms with Crippen molar-refractivity contribution in [2.75, 3.05) is 5.75 Å². The van der Waals surface area contributed by atoms with E-state index < -0.39 is 15.9 Å². The molecule has 7 nitrogen and oxygen atoms in total. The molecule has 0 spiro atoms. The molecule has 0 aliphatic carbocycles. The number of carbonyl (C=O) groups excluding carboxylic acids is 1. The van der Waals surface area contributed by atoms with Crippen molar-refractivity contribution in [2.45, 2.75) is 22.6 Å². The monoisotopic (exact) mass is 338 g/mol. The fraction of sp³-hybridized carbons (Fsp3) is 0.231. The number of nitrogens with zero attached hydrogens (tertiary/aromatic N) is 2. The van der Waals surface area contributed by atoms with Crippen molar-refractivity contribution in [2.24, 2.45) is 10.9 Å². The first-order chi connectivity index (χ1) is 10.4. The minimum absolute atomic E-state index is 0.0294. The van der Waals surface area contributed by atoms with Crippen LogP contribution in [0.3, 0.4) is 0 Å². The Morgan fingerprint density at radius 2 is 1.95 bits per heavy atom. The predicted molar refractivity (Wildman–Crippen MR) is 82.5 cm³/mol. The molecule has 9 heteroatoms. The lowest BCUT2D eigenvalue weighted by Crippen LogP contribution is -2.13. The molecule has 0 saturated heterocycles. The highest BCUT2D eigenvalue weighted by atomic mass is 32.2. The lowest BCUT2D eigenvalue weighted by Gasteiger charge is -2.13. The molecular weight excluding hydrogens is 324 g/mol. The van der Waals surface area contributed by atoms with Crippen LogP contribution in [0.4, 0.5) is 0 Å². The van der Waals surface area contributed by atoms with E-state index in [4.69, 9.17) is 10.9 Å². The van der Waals surface area contributed by atoms with Gasteiger partial charge in [-0.1, -0.05) is 0 Å². The summed E-state index contributed by atoms with van der Waals surface area (Å²) in [7, 11) is -3.74. The molecule has 0 bridgehead atoms. The number of primary amides is 1. The summed E-state index contributed by atoms with van der Waals surface area (Å²) in [6.07, 6.45) is 1.77. The Hall–Kier alpha value is -1.84. The summed E-state index contributed by atoms with van der Waals surface area (Å²) >= 11 is 1.57. The fourth-order valence-electron chi connectivity index (χ4n) is 2.38. The third-order valence-electron chi connectivity index (χ3n) is 3.38. The van der Waals surface area contributed by atoms with Gasteiger partial charge < -0.3 is 5.73 Å².